The molecule has 0 bridgehead atoms. The lowest BCUT2D eigenvalue weighted by Gasteiger charge is -2.14. The second kappa shape index (κ2) is 7.58. The van der Waals surface area contributed by atoms with E-state index >= 15 is 0 Å². The van der Waals surface area contributed by atoms with Crippen LogP contribution in [0.2, 0.25) is 0 Å². The molecule has 2 aliphatic carbocycles. The summed E-state index contributed by atoms with van der Waals surface area (Å²) in [4.78, 5) is 16.8. The number of aromatic nitrogens is 3. The lowest BCUT2D eigenvalue weighted by atomic mass is 10.0. The Morgan fingerprint density at radius 3 is 2.55 bits per heavy atom. The standard InChI is InChI=1S/C27H27N3O3/c1-15-25(16(2)33-29-15)22-11-24-26(28-12-22)23(18-4-6-19(7-5-18)27(31)32-3)14-30(24)13-17-8-20-10-21(20)9-17/h4-7,11-12,14,17,20-21H,8-10,13H2,1-3H3. The lowest BCUT2D eigenvalue weighted by Crippen LogP contribution is -2.08. The Morgan fingerprint density at radius 1 is 1.12 bits per heavy atom. The Hall–Kier alpha value is -3.41. The molecule has 0 amide bonds. The van der Waals surface area contributed by atoms with E-state index in [1.54, 1.807) is 0 Å². The van der Waals surface area contributed by atoms with Crippen molar-refractivity contribution in [2.24, 2.45) is 17.8 Å². The fraction of sp³-hybridized carbons (Fsp3) is 0.370. The molecule has 0 saturated heterocycles. The summed E-state index contributed by atoms with van der Waals surface area (Å²) in [6.07, 6.45) is 8.25. The van der Waals surface area contributed by atoms with Crippen molar-refractivity contribution in [2.75, 3.05) is 7.11 Å². The van der Waals surface area contributed by atoms with Gasteiger partial charge in [0.25, 0.3) is 0 Å². The summed E-state index contributed by atoms with van der Waals surface area (Å²) in [6.45, 7) is 4.92. The molecule has 0 N–H and O–H groups in total. The summed E-state index contributed by atoms with van der Waals surface area (Å²) in [5.41, 5.74) is 7.68. The van der Waals surface area contributed by atoms with Gasteiger partial charge in [-0.3, -0.25) is 4.98 Å². The topological polar surface area (TPSA) is 70.2 Å². The Morgan fingerprint density at radius 2 is 1.88 bits per heavy atom. The third-order valence-corrected chi connectivity index (χ3v) is 7.45. The Bertz CT molecular complexity index is 1340. The van der Waals surface area contributed by atoms with Crippen LogP contribution in [0.3, 0.4) is 0 Å². The first-order valence-corrected chi connectivity index (χ1v) is 11.6. The van der Waals surface area contributed by atoms with Crippen LogP contribution in [0.1, 0.15) is 41.1 Å². The van der Waals surface area contributed by atoms with Gasteiger partial charge in [0.15, 0.2) is 0 Å². The van der Waals surface area contributed by atoms with Gasteiger partial charge < -0.3 is 13.8 Å². The lowest BCUT2D eigenvalue weighted by molar-refractivity contribution is 0.0600. The zero-order chi connectivity index (χ0) is 22.7. The molecule has 2 saturated carbocycles. The van der Waals surface area contributed by atoms with Gasteiger partial charge in [-0.2, -0.15) is 0 Å². The molecule has 3 aromatic heterocycles. The molecule has 6 rings (SSSR count). The smallest absolute Gasteiger partial charge is 0.337 e. The number of pyridine rings is 1. The van der Waals surface area contributed by atoms with Crippen LogP contribution in [-0.2, 0) is 11.3 Å². The normalized spacial score (nSPS) is 21.4. The highest BCUT2D eigenvalue weighted by Gasteiger charge is 2.45. The van der Waals surface area contributed by atoms with E-state index in [1.807, 2.05) is 44.3 Å². The summed E-state index contributed by atoms with van der Waals surface area (Å²) in [6, 6.07) is 9.79. The zero-order valence-electron chi connectivity index (χ0n) is 19.2. The number of ether oxygens (including phenoxy) is 1. The fourth-order valence-corrected chi connectivity index (χ4v) is 5.73. The quantitative estimate of drug-likeness (QED) is 0.366. The highest BCUT2D eigenvalue weighted by molar-refractivity contribution is 5.96. The molecule has 3 heterocycles. The molecule has 33 heavy (non-hydrogen) atoms. The predicted octanol–water partition coefficient (Wildman–Crippen LogP) is 5.81. The number of benzene rings is 1. The first kappa shape index (κ1) is 20.2. The maximum atomic E-state index is 11.9. The third kappa shape index (κ3) is 3.45. The van der Waals surface area contributed by atoms with Crippen LogP contribution in [0.25, 0.3) is 33.3 Å². The van der Waals surface area contributed by atoms with Gasteiger partial charge in [0.05, 0.1) is 29.4 Å². The third-order valence-electron chi connectivity index (χ3n) is 7.45. The summed E-state index contributed by atoms with van der Waals surface area (Å²) < 4.78 is 12.6. The zero-order valence-corrected chi connectivity index (χ0v) is 19.2. The summed E-state index contributed by atoms with van der Waals surface area (Å²) >= 11 is 0. The number of hydrogen-bond donors (Lipinski definition) is 0. The first-order valence-electron chi connectivity index (χ1n) is 11.6. The monoisotopic (exact) mass is 441 g/mol. The Labute approximate surface area is 192 Å². The molecule has 1 aromatic carbocycles. The van der Waals surface area contributed by atoms with Crippen LogP contribution >= 0.6 is 0 Å². The maximum absolute atomic E-state index is 11.9. The molecule has 2 atom stereocenters. The number of hydrogen-bond acceptors (Lipinski definition) is 5. The second-order valence-corrected chi connectivity index (χ2v) is 9.65. The van der Waals surface area contributed by atoms with Crippen LogP contribution in [0, 0.1) is 31.6 Å². The number of nitrogens with zero attached hydrogens (tertiary/aromatic N) is 3. The molecule has 168 valence electrons. The van der Waals surface area contributed by atoms with Crippen molar-refractivity contribution < 1.29 is 14.1 Å². The number of fused-ring (bicyclic) bond motifs is 2. The average molecular weight is 442 g/mol. The van der Waals surface area contributed by atoms with E-state index in [1.165, 1.54) is 26.4 Å². The van der Waals surface area contributed by atoms with Crippen LogP contribution in [0.15, 0.2) is 47.2 Å². The van der Waals surface area contributed by atoms with Crippen molar-refractivity contribution in [3.05, 3.63) is 59.7 Å². The largest absolute Gasteiger partial charge is 0.465 e. The van der Waals surface area contributed by atoms with Crippen molar-refractivity contribution in [2.45, 2.75) is 39.7 Å². The van der Waals surface area contributed by atoms with Gasteiger partial charge >= 0.3 is 5.97 Å². The van der Waals surface area contributed by atoms with E-state index in [0.29, 0.717) is 5.56 Å². The van der Waals surface area contributed by atoms with Gasteiger partial charge in [-0.05, 0) is 74.6 Å². The van der Waals surface area contributed by atoms with Crippen molar-refractivity contribution in [1.82, 2.24) is 14.7 Å². The minimum atomic E-state index is -0.328. The molecule has 2 unspecified atom stereocenters. The molecule has 0 spiro atoms. The van der Waals surface area contributed by atoms with Crippen molar-refractivity contribution in [3.8, 4) is 22.3 Å². The van der Waals surface area contributed by atoms with Gasteiger partial charge in [-0.25, -0.2) is 4.79 Å². The molecule has 6 heteroatoms. The van der Waals surface area contributed by atoms with Crippen molar-refractivity contribution >= 4 is 17.0 Å². The predicted molar refractivity (Wildman–Crippen MR) is 126 cm³/mol. The summed E-state index contributed by atoms with van der Waals surface area (Å²) in [5.74, 6) is 3.12. The van der Waals surface area contributed by atoms with Gasteiger partial charge in [-0.15, -0.1) is 0 Å². The summed E-state index contributed by atoms with van der Waals surface area (Å²) in [5, 5.41) is 4.13. The van der Waals surface area contributed by atoms with Gasteiger partial charge in [0.1, 0.15) is 5.76 Å². The number of methoxy groups -OCH3 is 1. The highest BCUT2D eigenvalue weighted by Crippen LogP contribution is 2.54. The van der Waals surface area contributed by atoms with Gasteiger partial charge in [-0.1, -0.05) is 17.3 Å². The van der Waals surface area contributed by atoms with E-state index in [2.05, 4.69) is 22.0 Å². The second-order valence-electron chi connectivity index (χ2n) is 9.65. The van der Waals surface area contributed by atoms with Crippen molar-refractivity contribution in [3.63, 3.8) is 0 Å². The molecule has 2 fully saturated rings. The SMILES string of the molecule is COC(=O)c1ccc(-c2cn(CC3CC4CC4C3)c3cc(-c4c(C)noc4C)cnc23)cc1. The molecule has 4 aromatic rings. The Balaban J connectivity index is 1.44. The summed E-state index contributed by atoms with van der Waals surface area (Å²) in [7, 11) is 1.40. The maximum Gasteiger partial charge on any atom is 0.337 e. The van der Waals surface area contributed by atoms with Crippen molar-refractivity contribution in [1.29, 1.82) is 0 Å². The number of carbonyl (C=O) groups is 1. The van der Waals surface area contributed by atoms with Gasteiger partial charge in [0.2, 0.25) is 0 Å². The molecule has 6 nitrogen and oxygen atoms in total. The minimum absolute atomic E-state index is 0.328. The van der Waals surface area contributed by atoms with E-state index in [-0.39, 0.29) is 5.97 Å². The first-order chi connectivity index (χ1) is 16.0. The number of aryl methyl sites for hydroxylation is 2. The fourth-order valence-electron chi connectivity index (χ4n) is 5.73. The van der Waals surface area contributed by atoms with E-state index in [4.69, 9.17) is 14.2 Å². The molecular weight excluding hydrogens is 414 g/mol. The van der Waals surface area contributed by atoms with E-state index in [0.717, 1.165) is 69.0 Å². The Kier molecular flexibility index (Phi) is 4.64. The minimum Gasteiger partial charge on any atom is -0.465 e. The molecular formula is C27H27N3O3. The van der Waals surface area contributed by atoms with E-state index < -0.39 is 0 Å². The number of esters is 1. The van der Waals surface area contributed by atoms with Crippen LogP contribution < -0.4 is 0 Å². The van der Waals surface area contributed by atoms with Crippen LogP contribution in [0.4, 0.5) is 0 Å². The molecule has 0 radical (unpaired) electrons. The highest BCUT2D eigenvalue weighted by atomic mass is 16.5. The molecule has 0 aliphatic heterocycles. The average Bonchev–Trinajstić information content (AvgIpc) is 3.13. The van der Waals surface area contributed by atoms with Gasteiger partial charge in [0, 0.05) is 35.6 Å². The number of rotatable bonds is 5. The number of carbonyl (C=O) groups excluding carboxylic acids is 1. The molecule has 2 aliphatic rings. The van der Waals surface area contributed by atoms with E-state index in [9.17, 15) is 4.79 Å². The van der Waals surface area contributed by atoms with Crippen LogP contribution in [0.5, 0.6) is 0 Å². The van der Waals surface area contributed by atoms with Crippen LogP contribution in [-0.4, -0.2) is 27.8 Å².